The van der Waals surface area contributed by atoms with Crippen LogP contribution in [0.25, 0.3) is 0 Å². The summed E-state index contributed by atoms with van der Waals surface area (Å²) in [5.74, 6) is 0.891. The molecule has 0 radical (unpaired) electrons. The zero-order chi connectivity index (χ0) is 13.7. The van der Waals surface area contributed by atoms with Gasteiger partial charge in [-0.15, -0.1) is 0 Å². The number of rotatable bonds is 5. The van der Waals surface area contributed by atoms with Crippen molar-refractivity contribution in [3.63, 3.8) is 0 Å². The van der Waals surface area contributed by atoms with E-state index in [0.29, 0.717) is 6.54 Å². The summed E-state index contributed by atoms with van der Waals surface area (Å²) in [5, 5.41) is 0. The molecule has 100 valence electrons. The van der Waals surface area contributed by atoms with Gasteiger partial charge < -0.3 is 10.5 Å². The van der Waals surface area contributed by atoms with Gasteiger partial charge in [0.15, 0.2) is 0 Å². The maximum atomic E-state index is 6.10. The van der Waals surface area contributed by atoms with Crippen LogP contribution in [0.15, 0.2) is 48.5 Å². The van der Waals surface area contributed by atoms with E-state index in [2.05, 4.69) is 32.0 Å². The molecule has 0 aliphatic carbocycles. The standard InChI is InChI=1S/C17H21NO/c1-13-8-9-14(2)16(12-13)17(10-11-18)19-15-6-4-3-5-7-15/h3-9,12,17H,10-11,18H2,1-2H3. The predicted molar refractivity (Wildman–Crippen MR) is 79.4 cm³/mol. The number of ether oxygens (including phenoxy) is 1. The van der Waals surface area contributed by atoms with Gasteiger partial charge >= 0.3 is 0 Å². The lowest BCUT2D eigenvalue weighted by molar-refractivity contribution is 0.197. The fourth-order valence-corrected chi connectivity index (χ4v) is 2.20. The van der Waals surface area contributed by atoms with E-state index in [0.717, 1.165) is 12.2 Å². The zero-order valence-corrected chi connectivity index (χ0v) is 11.6. The summed E-state index contributed by atoms with van der Waals surface area (Å²) in [6.07, 6.45) is 0.839. The molecule has 2 nitrogen and oxygen atoms in total. The van der Waals surface area contributed by atoms with Crippen molar-refractivity contribution in [2.24, 2.45) is 5.73 Å². The van der Waals surface area contributed by atoms with Crippen LogP contribution in [0.1, 0.15) is 29.2 Å². The first kappa shape index (κ1) is 13.6. The van der Waals surface area contributed by atoms with E-state index in [1.807, 2.05) is 30.3 Å². The Labute approximate surface area is 115 Å². The first-order valence-corrected chi connectivity index (χ1v) is 6.69. The van der Waals surface area contributed by atoms with Crippen molar-refractivity contribution in [2.45, 2.75) is 26.4 Å². The van der Waals surface area contributed by atoms with Crippen LogP contribution in [-0.4, -0.2) is 6.54 Å². The number of nitrogens with two attached hydrogens (primary N) is 1. The zero-order valence-electron chi connectivity index (χ0n) is 11.6. The highest BCUT2D eigenvalue weighted by Gasteiger charge is 2.15. The van der Waals surface area contributed by atoms with Crippen LogP contribution in [0.4, 0.5) is 0 Å². The highest BCUT2D eigenvalue weighted by molar-refractivity contribution is 5.33. The van der Waals surface area contributed by atoms with Gasteiger partial charge in [0, 0.05) is 6.42 Å². The molecule has 0 amide bonds. The largest absolute Gasteiger partial charge is 0.486 e. The molecule has 1 unspecified atom stereocenters. The van der Waals surface area contributed by atoms with E-state index >= 15 is 0 Å². The molecule has 0 aliphatic rings. The fourth-order valence-electron chi connectivity index (χ4n) is 2.20. The van der Waals surface area contributed by atoms with E-state index in [9.17, 15) is 0 Å². The lowest BCUT2D eigenvalue weighted by atomic mass is 9.98. The first-order valence-electron chi connectivity index (χ1n) is 6.69. The second kappa shape index (κ2) is 6.39. The number of para-hydroxylation sites is 1. The molecule has 0 aromatic heterocycles. The Balaban J connectivity index is 2.27. The van der Waals surface area contributed by atoms with E-state index in [1.165, 1.54) is 16.7 Å². The third-order valence-electron chi connectivity index (χ3n) is 3.23. The Hall–Kier alpha value is -1.80. The third-order valence-corrected chi connectivity index (χ3v) is 3.23. The maximum Gasteiger partial charge on any atom is 0.125 e. The lowest BCUT2D eigenvalue weighted by Crippen LogP contribution is -2.14. The molecule has 0 saturated carbocycles. The minimum absolute atomic E-state index is 0.0206. The molecule has 2 rings (SSSR count). The predicted octanol–water partition coefficient (Wildman–Crippen LogP) is 3.77. The van der Waals surface area contributed by atoms with Gasteiger partial charge in [-0.05, 0) is 43.7 Å². The fraction of sp³-hybridized carbons (Fsp3) is 0.294. The molecule has 0 aliphatic heterocycles. The van der Waals surface area contributed by atoms with Crippen LogP contribution in [0.5, 0.6) is 5.75 Å². The summed E-state index contributed by atoms with van der Waals surface area (Å²) in [6, 6.07) is 16.4. The molecule has 2 N–H and O–H groups in total. The molecule has 2 aromatic rings. The quantitative estimate of drug-likeness (QED) is 0.882. The van der Waals surface area contributed by atoms with Gasteiger partial charge in [0.25, 0.3) is 0 Å². The molecule has 2 aromatic carbocycles. The van der Waals surface area contributed by atoms with Gasteiger partial charge in [-0.25, -0.2) is 0 Å². The molecule has 19 heavy (non-hydrogen) atoms. The highest BCUT2D eigenvalue weighted by atomic mass is 16.5. The van der Waals surface area contributed by atoms with Crippen LogP contribution in [-0.2, 0) is 0 Å². The van der Waals surface area contributed by atoms with E-state index in [4.69, 9.17) is 10.5 Å². The summed E-state index contributed by atoms with van der Waals surface area (Å²) in [5.41, 5.74) is 9.46. The highest BCUT2D eigenvalue weighted by Crippen LogP contribution is 2.27. The number of aryl methyl sites for hydroxylation is 2. The van der Waals surface area contributed by atoms with Crippen LogP contribution < -0.4 is 10.5 Å². The molecule has 2 heteroatoms. The SMILES string of the molecule is Cc1ccc(C)c(C(CCN)Oc2ccccc2)c1. The molecule has 0 spiro atoms. The summed E-state index contributed by atoms with van der Waals surface area (Å²) < 4.78 is 6.10. The van der Waals surface area contributed by atoms with Gasteiger partial charge in [-0.2, -0.15) is 0 Å². The number of benzene rings is 2. The topological polar surface area (TPSA) is 35.2 Å². The lowest BCUT2D eigenvalue weighted by Gasteiger charge is -2.21. The van der Waals surface area contributed by atoms with Gasteiger partial charge in [0.2, 0.25) is 0 Å². The van der Waals surface area contributed by atoms with E-state index in [-0.39, 0.29) is 6.10 Å². The van der Waals surface area contributed by atoms with Crippen LogP contribution in [0, 0.1) is 13.8 Å². The van der Waals surface area contributed by atoms with Crippen LogP contribution in [0.3, 0.4) is 0 Å². The van der Waals surface area contributed by atoms with Crippen molar-refractivity contribution in [2.75, 3.05) is 6.54 Å². The normalized spacial score (nSPS) is 12.2. The Morgan fingerprint density at radius 3 is 2.47 bits per heavy atom. The Bertz CT molecular complexity index is 522. The number of hydrogen-bond donors (Lipinski definition) is 1. The Morgan fingerprint density at radius 1 is 1.05 bits per heavy atom. The molecular weight excluding hydrogens is 234 g/mol. The number of hydrogen-bond acceptors (Lipinski definition) is 2. The Kier molecular flexibility index (Phi) is 4.58. The van der Waals surface area contributed by atoms with Gasteiger partial charge in [-0.1, -0.05) is 42.0 Å². The first-order chi connectivity index (χ1) is 9.20. The molecular formula is C17H21NO. The van der Waals surface area contributed by atoms with Gasteiger partial charge in [0.05, 0.1) is 0 Å². The summed E-state index contributed by atoms with van der Waals surface area (Å²) >= 11 is 0. The van der Waals surface area contributed by atoms with Crippen molar-refractivity contribution in [1.29, 1.82) is 0 Å². The second-order valence-corrected chi connectivity index (χ2v) is 4.86. The molecule has 0 saturated heterocycles. The monoisotopic (exact) mass is 255 g/mol. The summed E-state index contributed by atoms with van der Waals surface area (Å²) in [4.78, 5) is 0. The molecule has 0 heterocycles. The molecule has 1 atom stereocenters. The average Bonchev–Trinajstić information content (AvgIpc) is 2.42. The summed E-state index contributed by atoms with van der Waals surface area (Å²) in [6.45, 7) is 4.84. The Morgan fingerprint density at radius 2 is 1.79 bits per heavy atom. The van der Waals surface area contributed by atoms with Crippen molar-refractivity contribution >= 4 is 0 Å². The third kappa shape index (κ3) is 3.58. The van der Waals surface area contributed by atoms with Crippen molar-refractivity contribution in [3.05, 3.63) is 65.2 Å². The van der Waals surface area contributed by atoms with E-state index < -0.39 is 0 Å². The van der Waals surface area contributed by atoms with E-state index in [1.54, 1.807) is 0 Å². The van der Waals surface area contributed by atoms with Gasteiger partial charge in [-0.3, -0.25) is 0 Å². The maximum absolute atomic E-state index is 6.10. The van der Waals surface area contributed by atoms with Gasteiger partial charge in [0.1, 0.15) is 11.9 Å². The summed E-state index contributed by atoms with van der Waals surface area (Å²) in [7, 11) is 0. The van der Waals surface area contributed by atoms with Crippen LogP contribution >= 0.6 is 0 Å². The second-order valence-electron chi connectivity index (χ2n) is 4.86. The molecule has 0 fully saturated rings. The van der Waals surface area contributed by atoms with Crippen molar-refractivity contribution < 1.29 is 4.74 Å². The van der Waals surface area contributed by atoms with Crippen molar-refractivity contribution in [1.82, 2.24) is 0 Å². The minimum Gasteiger partial charge on any atom is -0.486 e. The minimum atomic E-state index is 0.0206. The smallest absolute Gasteiger partial charge is 0.125 e. The van der Waals surface area contributed by atoms with Crippen molar-refractivity contribution in [3.8, 4) is 5.75 Å². The van der Waals surface area contributed by atoms with Crippen LogP contribution in [0.2, 0.25) is 0 Å². The molecule has 0 bridgehead atoms. The average molecular weight is 255 g/mol.